The lowest BCUT2D eigenvalue weighted by molar-refractivity contribution is 0.137. The van der Waals surface area contributed by atoms with E-state index in [4.69, 9.17) is 18.9 Å². The highest BCUT2D eigenvalue weighted by Gasteiger charge is 2.10. The summed E-state index contributed by atoms with van der Waals surface area (Å²) in [6, 6.07) is 14.4. The molecule has 23 heavy (non-hydrogen) atoms. The van der Waals surface area contributed by atoms with Crippen LogP contribution in [0.5, 0.6) is 17.2 Å². The zero-order valence-electron chi connectivity index (χ0n) is 13.1. The molecule has 0 aliphatic heterocycles. The molecular weight excluding hydrogens is 298 g/mol. The second kappa shape index (κ2) is 8.53. The van der Waals surface area contributed by atoms with E-state index in [1.807, 2.05) is 30.3 Å². The van der Waals surface area contributed by atoms with Crippen molar-refractivity contribution in [3.05, 3.63) is 48.5 Å². The summed E-state index contributed by atoms with van der Waals surface area (Å²) >= 11 is 0. The van der Waals surface area contributed by atoms with E-state index in [1.165, 1.54) is 7.11 Å². The number of anilines is 1. The number of benzene rings is 2. The maximum Gasteiger partial charge on any atom is 0.411 e. The molecule has 2 aromatic rings. The predicted molar refractivity (Wildman–Crippen MR) is 86.5 cm³/mol. The molecule has 0 unspecified atom stereocenters. The molecule has 0 spiro atoms. The summed E-state index contributed by atoms with van der Waals surface area (Å²) in [6.07, 6.45) is -0.590. The Balaban J connectivity index is 1.80. The molecule has 1 N–H and O–H groups in total. The van der Waals surface area contributed by atoms with E-state index in [0.717, 1.165) is 5.75 Å². The van der Waals surface area contributed by atoms with Gasteiger partial charge in [0.2, 0.25) is 0 Å². The number of amides is 1. The number of rotatable bonds is 7. The smallest absolute Gasteiger partial charge is 0.411 e. The fourth-order valence-electron chi connectivity index (χ4n) is 1.87. The highest BCUT2D eigenvalue weighted by Crippen LogP contribution is 2.28. The molecule has 0 aliphatic rings. The number of hydrogen-bond acceptors (Lipinski definition) is 5. The second-order valence-corrected chi connectivity index (χ2v) is 4.49. The van der Waals surface area contributed by atoms with Crippen LogP contribution in [0.15, 0.2) is 48.5 Å². The third kappa shape index (κ3) is 5.10. The summed E-state index contributed by atoms with van der Waals surface area (Å²) in [5.74, 6) is 1.85. The van der Waals surface area contributed by atoms with Crippen molar-refractivity contribution in [2.24, 2.45) is 0 Å². The normalized spacial score (nSPS) is 9.83. The Morgan fingerprint density at radius 2 is 1.74 bits per heavy atom. The number of hydrogen-bond donors (Lipinski definition) is 1. The third-order valence-electron chi connectivity index (χ3n) is 2.97. The van der Waals surface area contributed by atoms with Crippen LogP contribution in [0.25, 0.3) is 0 Å². The molecule has 0 radical (unpaired) electrons. The summed E-state index contributed by atoms with van der Waals surface area (Å²) < 4.78 is 20.8. The first kappa shape index (κ1) is 16.5. The highest BCUT2D eigenvalue weighted by molar-refractivity contribution is 5.87. The summed E-state index contributed by atoms with van der Waals surface area (Å²) in [6.45, 7) is 0.402. The van der Waals surface area contributed by atoms with Crippen molar-refractivity contribution in [3.8, 4) is 17.2 Å². The fraction of sp³-hybridized carbons (Fsp3) is 0.235. The molecule has 6 nitrogen and oxygen atoms in total. The number of methoxy groups -OCH3 is 2. The number of nitrogens with one attached hydrogen (secondary N) is 1. The van der Waals surface area contributed by atoms with Crippen LogP contribution in [0.1, 0.15) is 0 Å². The van der Waals surface area contributed by atoms with Crippen molar-refractivity contribution in [1.82, 2.24) is 0 Å². The Bertz CT molecular complexity index is 630. The van der Waals surface area contributed by atoms with Crippen LogP contribution in [-0.2, 0) is 4.74 Å². The fourth-order valence-corrected chi connectivity index (χ4v) is 1.87. The maximum atomic E-state index is 11.8. The minimum Gasteiger partial charge on any atom is -0.497 e. The second-order valence-electron chi connectivity index (χ2n) is 4.49. The van der Waals surface area contributed by atoms with E-state index in [2.05, 4.69) is 5.32 Å². The average molecular weight is 317 g/mol. The SMILES string of the molecule is COc1ccc(OC)c(NC(=O)OCCOc2ccccc2)c1. The van der Waals surface area contributed by atoms with Crippen molar-refractivity contribution < 1.29 is 23.7 Å². The van der Waals surface area contributed by atoms with Gasteiger partial charge in [-0.3, -0.25) is 5.32 Å². The first-order chi connectivity index (χ1) is 11.2. The first-order valence-electron chi connectivity index (χ1n) is 7.06. The van der Waals surface area contributed by atoms with Crippen LogP contribution in [0.4, 0.5) is 10.5 Å². The molecule has 0 aliphatic carbocycles. The lowest BCUT2D eigenvalue weighted by atomic mass is 10.2. The van der Waals surface area contributed by atoms with Crippen LogP contribution in [0, 0.1) is 0 Å². The van der Waals surface area contributed by atoms with E-state index < -0.39 is 6.09 Å². The van der Waals surface area contributed by atoms with Gasteiger partial charge >= 0.3 is 6.09 Å². The van der Waals surface area contributed by atoms with E-state index in [-0.39, 0.29) is 13.2 Å². The Morgan fingerprint density at radius 3 is 2.43 bits per heavy atom. The zero-order chi connectivity index (χ0) is 16.5. The van der Waals surface area contributed by atoms with Gasteiger partial charge in [-0.05, 0) is 24.3 Å². The first-order valence-corrected chi connectivity index (χ1v) is 7.06. The van der Waals surface area contributed by atoms with E-state index in [1.54, 1.807) is 25.3 Å². The molecule has 0 aromatic heterocycles. The van der Waals surface area contributed by atoms with E-state index >= 15 is 0 Å². The molecule has 6 heteroatoms. The Morgan fingerprint density at radius 1 is 0.957 bits per heavy atom. The maximum absolute atomic E-state index is 11.8. The molecule has 1 amide bonds. The topological polar surface area (TPSA) is 66.0 Å². The van der Waals surface area contributed by atoms with Crippen LogP contribution in [-0.4, -0.2) is 33.5 Å². The molecule has 0 bridgehead atoms. The molecular formula is C17H19NO5. The highest BCUT2D eigenvalue weighted by atomic mass is 16.6. The zero-order valence-corrected chi connectivity index (χ0v) is 13.1. The third-order valence-corrected chi connectivity index (χ3v) is 2.97. The van der Waals surface area contributed by atoms with E-state index in [0.29, 0.717) is 17.2 Å². The van der Waals surface area contributed by atoms with Gasteiger partial charge in [-0.15, -0.1) is 0 Å². The molecule has 122 valence electrons. The minimum atomic E-state index is -0.590. The largest absolute Gasteiger partial charge is 0.497 e. The van der Waals surface area contributed by atoms with Crippen LogP contribution < -0.4 is 19.5 Å². The van der Waals surface area contributed by atoms with Gasteiger partial charge in [-0.1, -0.05) is 18.2 Å². The summed E-state index contributed by atoms with van der Waals surface area (Å²) in [5, 5.41) is 2.61. The van der Waals surface area contributed by atoms with Gasteiger partial charge < -0.3 is 18.9 Å². The van der Waals surface area contributed by atoms with Gasteiger partial charge in [0.05, 0.1) is 19.9 Å². The number of ether oxygens (including phenoxy) is 4. The summed E-state index contributed by atoms with van der Waals surface area (Å²) in [7, 11) is 3.07. The van der Waals surface area contributed by atoms with Gasteiger partial charge in [0.15, 0.2) is 0 Å². The van der Waals surface area contributed by atoms with Gasteiger partial charge in [-0.25, -0.2) is 4.79 Å². The van der Waals surface area contributed by atoms with Gasteiger partial charge in [0, 0.05) is 6.07 Å². The number of carbonyl (C=O) groups is 1. The van der Waals surface area contributed by atoms with Crippen molar-refractivity contribution >= 4 is 11.8 Å². The molecule has 2 rings (SSSR count). The van der Waals surface area contributed by atoms with Crippen LogP contribution >= 0.6 is 0 Å². The van der Waals surface area contributed by atoms with Crippen LogP contribution in [0.2, 0.25) is 0 Å². The standard InChI is InChI=1S/C17H19NO5/c1-20-14-8-9-16(21-2)15(12-14)18-17(19)23-11-10-22-13-6-4-3-5-7-13/h3-9,12H,10-11H2,1-2H3,(H,18,19). The molecule has 2 aromatic carbocycles. The van der Waals surface area contributed by atoms with Crippen molar-refractivity contribution in [2.45, 2.75) is 0 Å². The molecule has 0 saturated carbocycles. The Labute approximate surface area is 134 Å². The van der Waals surface area contributed by atoms with E-state index in [9.17, 15) is 4.79 Å². The summed E-state index contributed by atoms with van der Waals surface area (Å²) in [5.41, 5.74) is 0.473. The minimum absolute atomic E-state index is 0.132. The Hall–Kier alpha value is -2.89. The lowest BCUT2D eigenvalue weighted by Gasteiger charge is -2.12. The quantitative estimate of drug-likeness (QED) is 0.793. The molecule has 0 heterocycles. The van der Waals surface area contributed by atoms with Crippen molar-refractivity contribution in [3.63, 3.8) is 0 Å². The monoisotopic (exact) mass is 317 g/mol. The average Bonchev–Trinajstić information content (AvgIpc) is 2.59. The number of para-hydroxylation sites is 1. The molecule has 0 fully saturated rings. The predicted octanol–water partition coefficient (Wildman–Crippen LogP) is 3.33. The lowest BCUT2D eigenvalue weighted by Crippen LogP contribution is -2.18. The Kier molecular flexibility index (Phi) is 6.11. The molecule has 0 atom stereocenters. The van der Waals surface area contributed by atoms with Crippen molar-refractivity contribution in [2.75, 3.05) is 32.8 Å². The summed E-state index contributed by atoms with van der Waals surface area (Å²) in [4.78, 5) is 11.8. The van der Waals surface area contributed by atoms with Gasteiger partial charge in [0.1, 0.15) is 30.5 Å². The van der Waals surface area contributed by atoms with Crippen molar-refractivity contribution in [1.29, 1.82) is 0 Å². The molecule has 0 saturated heterocycles. The number of carbonyl (C=O) groups excluding carboxylic acids is 1. The van der Waals surface area contributed by atoms with Crippen LogP contribution in [0.3, 0.4) is 0 Å². The van der Waals surface area contributed by atoms with Gasteiger partial charge in [-0.2, -0.15) is 0 Å². The van der Waals surface area contributed by atoms with Gasteiger partial charge in [0.25, 0.3) is 0 Å².